The molecule has 0 spiro atoms. The first kappa shape index (κ1) is 12.4. The molecule has 1 N–H and O–H groups in total. The number of pyridine rings is 1. The van der Waals surface area contributed by atoms with E-state index in [2.05, 4.69) is 29.3 Å². The summed E-state index contributed by atoms with van der Waals surface area (Å²) in [5, 5.41) is 12.8. The third-order valence-corrected chi connectivity index (χ3v) is 4.07. The lowest BCUT2D eigenvalue weighted by Crippen LogP contribution is -2.49. The van der Waals surface area contributed by atoms with Gasteiger partial charge in [-0.25, -0.2) is 4.98 Å². The monoisotopic (exact) mass is 256 g/mol. The molecule has 3 rings (SSSR count). The fourth-order valence-corrected chi connectivity index (χ4v) is 3.07. The van der Waals surface area contributed by atoms with E-state index in [-0.39, 0.29) is 0 Å². The van der Waals surface area contributed by atoms with Crippen LogP contribution in [0.1, 0.15) is 36.6 Å². The standard InChI is InChI=1S/C15H20N4/c1-11-10-19(7-6-17-11)15-13(9-16)8-12-4-2-3-5-14(12)18-15/h8,11,17H,2-7,10H2,1H3/t11-/m1/s1. The minimum absolute atomic E-state index is 0.457. The molecule has 0 bridgehead atoms. The second-order valence-corrected chi connectivity index (χ2v) is 5.59. The second-order valence-electron chi connectivity index (χ2n) is 5.59. The smallest absolute Gasteiger partial charge is 0.146 e. The summed E-state index contributed by atoms with van der Waals surface area (Å²) < 4.78 is 0. The highest BCUT2D eigenvalue weighted by atomic mass is 15.2. The lowest BCUT2D eigenvalue weighted by Gasteiger charge is -2.34. The molecule has 19 heavy (non-hydrogen) atoms. The maximum atomic E-state index is 9.38. The first-order valence-electron chi connectivity index (χ1n) is 7.19. The van der Waals surface area contributed by atoms with E-state index in [1.165, 1.54) is 24.1 Å². The van der Waals surface area contributed by atoms with Crippen LogP contribution in [-0.2, 0) is 12.8 Å². The van der Waals surface area contributed by atoms with Crippen LogP contribution in [0.4, 0.5) is 5.82 Å². The van der Waals surface area contributed by atoms with Gasteiger partial charge in [0.15, 0.2) is 0 Å². The summed E-state index contributed by atoms with van der Waals surface area (Å²) in [6.07, 6.45) is 4.60. The van der Waals surface area contributed by atoms with Crippen molar-refractivity contribution in [3.05, 3.63) is 22.9 Å². The Morgan fingerprint density at radius 2 is 2.26 bits per heavy atom. The molecule has 1 aromatic heterocycles. The molecule has 0 unspecified atom stereocenters. The number of nitrogens with zero attached hydrogens (tertiary/aromatic N) is 3. The van der Waals surface area contributed by atoms with Crippen molar-refractivity contribution in [3.8, 4) is 6.07 Å². The first-order chi connectivity index (χ1) is 9.28. The number of fused-ring (bicyclic) bond motifs is 1. The molecule has 4 heteroatoms. The van der Waals surface area contributed by atoms with Crippen molar-refractivity contribution in [1.29, 1.82) is 5.26 Å². The van der Waals surface area contributed by atoms with Gasteiger partial charge >= 0.3 is 0 Å². The normalized spacial score (nSPS) is 22.7. The lowest BCUT2D eigenvalue weighted by molar-refractivity contribution is 0.481. The molecule has 1 aromatic rings. The van der Waals surface area contributed by atoms with Gasteiger partial charge in [0.05, 0.1) is 5.56 Å². The van der Waals surface area contributed by atoms with E-state index in [4.69, 9.17) is 4.98 Å². The zero-order valence-corrected chi connectivity index (χ0v) is 11.4. The number of nitriles is 1. The van der Waals surface area contributed by atoms with Gasteiger partial charge in [-0.05, 0) is 44.2 Å². The molecule has 100 valence electrons. The maximum Gasteiger partial charge on any atom is 0.146 e. The first-order valence-corrected chi connectivity index (χ1v) is 7.19. The second kappa shape index (κ2) is 5.18. The van der Waals surface area contributed by atoms with Gasteiger partial charge in [-0.15, -0.1) is 0 Å². The van der Waals surface area contributed by atoms with Gasteiger partial charge in [-0.1, -0.05) is 0 Å². The Bertz CT molecular complexity index is 518. The van der Waals surface area contributed by atoms with Crippen molar-refractivity contribution < 1.29 is 0 Å². The van der Waals surface area contributed by atoms with Gasteiger partial charge in [-0.3, -0.25) is 0 Å². The molecule has 1 aliphatic heterocycles. The Balaban J connectivity index is 1.97. The summed E-state index contributed by atoms with van der Waals surface area (Å²) >= 11 is 0. The van der Waals surface area contributed by atoms with Gasteiger partial charge in [0.25, 0.3) is 0 Å². The van der Waals surface area contributed by atoms with Crippen LogP contribution in [0.5, 0.6) is 0 Å². The number of aryl methyl sites for hydroxylation is 2. The molecule has 1 saturated heterocycles. The topological polar surface area (TPSA) is 52.0 Å². The van der Waals surface area contributed by atoms with Crippen LogP contribution in [0.2, 0.25) is 0 Å². The third-order valence-electron chi connectivity index (χ3n) is 4.07. The largest absolute Gasteiger partial charge is 0.353 e. The molecule has 2 aliphatic rings. The minimum Gasteiger partial charge on any atom is -0.353 e. The van der Waals surface area contributed by atoms with Crippen molar-refractivity contribution in [2.45, 2.75) is 38.6 Å². The van der Waals surface area contributed by atoms with Crippen molar-refractivity contribution in [1.82, 2.24) is 10.3 Å². The summed E-state index contributed by atoms with van der Waals surface area (Å²) in [7, 11) is 0. The molecule has 4 nitrogen and oxygen atoms in total. The molecule has 0 radical (unpaired) electrons. The van der Waals surface area contributed by atoms with Crippen molar-refractivity contribution >= 4 is 5.82 Å². The van der Waals surface area contributed by atoms with Crippen LogP contribution in [0.15, 0.2) is 6.07 Å². The van der Waals surface area contributed by atoms with Crippen LogP contribution in [-0.4, -0.2) is 30.7 Å². The van der Waals surface area contributed by atoms with Crippen molar-refractivity contribution in [3.63, 3.8) is 0 Å². The SMILES string of the molecule is C[C@@H]1CN(c2nc3c(cc2C#N)CCCC3)CCN1. The molecule has 1 aliphatic carbocycles. The van der Waals surface area contributed by atoms with E-state index in [0.29, 0.717) is 6.04 Å². The van der Waals surface area contributed by atoms with Crippen LogP contribution < -0.4 is 10.2 Å². The van der Waals surface area contributed by atoms with E-state index >= 15 is 0 Å². The van der Waals surface area contributed by atoms with E-state index in [1.54, 1.807) is 0 Å². The van der Waals surface area contributed by atoms with Gasteiger partial charge in [-0.2, -0.15) is 5.26 Å². The van der Waals surface area contributed by atoms with Gasteiger partial charge in [0, 0.05) is 31.4 Å². The van der Waals surface area contributed by atoms with Crippen molar-refractivity contribution in [2.75, 3.05) is 24.5 Å². The van der Waals surface area contributed by atoms with Crippen molar-refractivity contribution in [2.24, 2.45) is 0 Å². The predicted molar refractivity (Wildman–Crippen MR) is 75.3 cm³/mol. The van der Waals surface area contributed by atoms with Gasteiger partial charge < -0.3 is 10.2 Å². The molecule has 0 aromatic carbocycles. The molecule has 1 atom stereocenters. The number of rotatable bonds is 1. The van der Waals surface area contributed by atoms with E-state index in [1.807, 2.05) is 0 Å². The molecule has 1 fully saturated rings. The fourth-order valence-electron chi connectivity index (χ4n) is 3.07. The summed E-state index contributed by atoms with van der Waals surface area (Å²) in [6, 6.07) is 4.86. The number of aromatic nitrogens is 1. The van der Waals surface area contributed by atoms with Crippen LogP contribution >= 0.6 is 0 Å². The number of nitrogens with one attached hydrogen (secondary N) is 1. The van der Waals surface area contributed by atoms with Gasteiger partial charge in [0.1, 0.15) is 11.9 Å². The highest BCUT2D eigenvalue weighted by Gasteiger charge is 2.22. The summed E-state index contributed by atoms with van der Waals surface area (Å²) in [5.74, 6) is 0.900. The zero-order valence-electron chi connectivity index (χ0n) is 11.4. The van der Waals surface area contributed by atoms with E-state index in [0.717, 1.165) is 43.9 Å². The average Bonchev–Trinajstić information content (AvgIpc) is 2.46. The number of piperazine rings is 1. The summed E-state index contributed by atoms with van der Waals surface area (Å²) in [6.45, 7) is 5.01. The number of anilines is 1. The number of hydrogen-bond donors (Lipinski definition) is 1. The zero-order chi connectivity index (χ0) is 13.2. The summed E-state index contributed by atoms with van der Waals surface area (Å²) in [5.41, 5.74) is 3.25. The highest BCUT2D eigenvalue weighted by molar-refractivity contribution is 5.57. The fraction of sp³-hybridized carbons (Fsp3) is 0.600. The predicted octanol–water partition coefficient (Wildman–Crippen LogP) is 1.63. The lowest BCUT2D eigenvalue weighted by atomic mass is 9.94. The quantitative estimate of drug-likeness (QED) is 0.829. The minimum atomic E-state index is 0.457. The van der Waals surface area contributed by atoms with Gasteiger partial charge in [0.2, 0.25) is 0 Å². The molecular weight excluding hydrogens is 236 g/mol. The highest BCUT2D eigenvalue weighted by Crippen LogP contribution is 2.26. The Kier molecular flexibility index (Phi) is 3.39. The molecule has 0 saturated carbocycles. The van der Waals surface area contributed by atoms with E-state index in [9.17, 15) is 5.26 Å². The Labute approximate surface area is 114 Å². The summed E-state index contributed by atoms with van der Waals surface area (Å²) in [4.78, 5) is 7.08. The molecule has 2 heterocycles. The third kappa shape index (κ3) is 2.43. The van der Waals surface area contributed by atoms with E-state index < -0.39 is 0 Å². The average molecular weight is 256 g/mol. The Morgan fingerprint density at radius 1 is 1.42 bits per heavy atom. The molecule has 0 amide bonds. The Hall–Kier alpha value is -1.60. The van der Waals surface area contributed by atoms with Crippen LogP contribution in [0.25, 0.3) is 0 Å². The van der Waals surface area contributed by atoms with Crippen LogP contribution in [0, 0.1) is 11.3 Å². The molecular formula is C15H20N4. The van der Waals surface area contributed by atoms with Crippen LogP contribution in [0.3, 0.4) is 0 Å². The Morgan fingerprint density at radius 3 is 3.05 bits per heavy atom. The number of hydrogen-bond acceptors (Lipinski definition) is 4. The maximum absolute atomic E-state index is 9.38.